The SMILES string of the molecule is CC1(C)Oc2ccccc2-c2c1c(C(=O)NN1CC3CCCC3C1)nn2-c1ccc(Cl)cc1Cl. The lowest BCUT2D eigenvalue weighted by Gasteiger charge is -2.33. The smallest absolute Gasteiger partial charge is 0.286 e. The predicted octanol–water partition coefficient (Wildman–Crippen LogP) is 5.85. The second-order valence-electron chi connectivity index (χ2n) is 9.99. The molecule has 0 radical (unpaired) electrons. The largest absolute Gasteiger partial charge is 0.482 e. The number of nitrogens with one attached hydrogen (secondary N) is 1. The van der Waals surface area contributed by atoms with Crippen LogP contribution in [-0.4, -0.2) is 33.8 Å². The number of hydrogen-bond acceptors (Lipinski definition) is 4. The van der Waals surface area contributed by atoms with E-state index in [1.54, 1.807) is 16.8 Å². The van der Waals surface area contributed by atoms with Crippen LogP contribution in [-0.2, 0) is 5.60 Å². The standard InChI is InChI=1S/C26H26Cl2N4O2/c1-26(2)22-23(25(33)30-31-13-15-6-5-7-16(15)14-31)29-32(20-11-10-17(27)12-19(20)28)24(22)18-8-3-4-9-21(18)34-26/h3-4,8-12,15-16H,5-7,13-14H2,1-2H3,(H,30,33). The average Bonchev–Trinajstić information content (AvgIpc) is 3.47. The molecule has 2 unspecified atom stereocenters. The Balaban J connectivity index is 1.48. The topological polar surface area (TPSA) is 59.4 Å². The number of ether oxygens (including phenoxy) is 1. The third-order valence-corrected chi connectivity index (χ3v) is 7.87. The molecule has 3 aliphatic rings. The molecule has 1 amide bonds. The van der Waals surface area contributed by atoms with Crippen molar-refractivity contribution in [1.82, 2.24) is 20.2 Å². The summed E-state index contributed by atoms with van der Waals surface area (Å²) in [4.78, 5) is 13.6. The molecule has 176 valence electrons. The van der Waals surface area contributed by atoms with Gasteiger partial charge in [-0.2, -0.15) is 5.10 Å². The summed E-state index contributed by atoms with van der Waals surface area (Å²) >= 11 is 12.8. The van der Waals surface area contributed by atoms with Crippen molar-refractivity contribution in [2.75, 3.05) is 13.1 Å². The molecular weight excluding hydrogens is 471 g/mol. The highest BCUT2D eigenvalue weighted by atomic mass is 35.5. The highest BCUT2D eigenvalue weighted by molar-refractivity contribution is 6.35. The van der Waals surface area contributed by atoms with Gasteiger partial charge in [0.25, 0.3) is 5.91 Å². The third-order valence-electron chi connectivity index (χ3n) is 7.33. The summed E-state index contributed by atoms with van der Waals surface area (Å²) in [7, 11) is 0. The Kier molecular flexibility index (Phi) is 5.17. The first-order valence-electron chi connectivity index (χ1n) is 11.7. The van der Waals surface area contributed by atoms with Gasteiger partial charge < -0.3 is 4.74 Å². The van der Waals surface area contributed by atoms with Gasteiger partial charge in [-0.3, -0.25) is 10.2 Å². The fourth-order valence-electron chi connectivity index (χ4n) is 5.82. The Morgan fingerprint density at radius 1 is 1.12 bits per heavy atom. The maximum Gasteiger partial charge on any atom is 0.286 e. The molecule has 2 atom stereocenters. The van der Waals surface area contributed by atoms with Crippen molar-refractivity contribution in [3.8, 4) is 22.7 Å². The van der Waals surface area contributed by atoms with Gasteiger partial charge in [0.2, 0.25) is 0 Å². The van der Waals surface area contributed by atoms with E-state index >= 15 is 0 Å². The van der Waals surface area contributed by atoms with Gasteiger partial charge in [-0.1, -0.05) is 41.8 Å². The summed E-state index contributed by atoms with van der Waals surface area (Å²) in [6, 6.07) is 13.1. The highest BCUT2D eigenvalue weighted by Gasteiger charge is 2.42. The van der Waals surface area contributed by atoms with Gasteiger partial charge in [0, 0.05) is 23.7 Å². The van der Waals surface area contributed by atoms with Crippen molar-refractivity contribution >= 4 is 29.1 Å². The van der Waals surface area contributed by atoms with E-state index in [-0.39, 0.29) is 5.91 Å². The Morgan fingerprint density at radius 3 is 2.59 bits per heavy atom. The van der Waals surface area contributed by atoms with Crippen molar-refractivity contribution in [1.29, 1.82) is 0 Å². The molecule has 1 aromatic heterocycles. The first kappa shape index (κ1) is 22.0. The Bertz CT molecular complexity index is 1290. The van der Waals surface area contributed by atoms with Crippen molar-refractivity contribution in [3.63, 3.8) is 0 Å². The minimum absolute atomic E-state index is 0.226. The zero-order valence-electron chi connectivity index (χ0n) is 19.1. The van der Waals surface area contributed by atoms with Gasteiger partial charge in [0.05, 0.1) is 22.0 Å². The first-order chi connectivity index (χ1) is 16.3. The van der Waals surface area contributed by atoms with Gasteiger partial charge in [0.15, 0.2) is 5.69 Å². The summed E-state index contributed by atoms with van der Waals surface area (Å²) in [6.45, 7) is 5.72. The normalized spacial score (nSPS) is 22.6. The number of hydrogen-bond donors (Lipinski definition) is 1. The molecule has 6 nitrogen and oxygen atoms in total. The van der Waals surface area contributed by atoms with Crippen LogP contribution in [0.4, 0.5) is 0 Å². The van der Waals surface area contributed by atoms with E-state index in [1.807, 2.05) is 44.2 Å². The summed E-state index contributed by atoms with van der Waals surface area (Å²) in [6.07, 6.45) is 3.78. The molecule has 0 spiro atoms. The lowest BCUT2D eigenvalue weighted by atomic mass is 9.89. The van der Waals surface area contributed by atoms with Gasteiger partial charge in [-0.15, -0.1) is 0 Å². The van der Waals surface area contributed by atoms with Gasteiger partial charge >= 0.3 is 0 Å². The first-order valence-corrected chi connectivity index (χ1v) is 12.5. The molecule has 34 heavy (non-hydrogen) atoms. The summed E-state index contributed by atoms with van der Waals surface area (Å²) in [5.74, 6) is 1.86. The van der Waals surface area contributed by atoms with Crippen LogP contribution in [0.15, 0.2) is 42.5 Å². The second-order valence-corrected chi connectivity index (χ2v) is 10.8. The van der Waals surface area contributed by atoms with Crippen LogP contribution < -0.4 is 10.2 Å². The zero-order chi connectivity index (χ0) is 23.6. The Labute approximate surface area is 208 Å². The molecule has 2 fully saturated rings. The number of nitrogens with zero attached hydrogens (tertiary/aromatic N) is 3. The lowest BCUT2D eigenvalue weighted by molar-refractivity contribution is 0.0779. The van der Waals surface area contributed by atoms with Crippen LogP contribution in [0.2, 0.25) is 10.0 Å². The summed E-state index contributed by atoms with van der Waals surface area (Å²) in [5.41, 5.74) is 5.78. The molecule has 3 heterocycles. The third kappa shape index (κ3) is 3.51. The number of amides is 1. The van der Waals surface area contributed by atoms with E-state index in [9.17, 15) is 4.79 Å². The fraction of sp³-hybridized carbons (Fsp3) is 0.385. The van der Waals surface area contributed by atoms with E-state index in [2.05, 4.69) is 10.4 Å². The van der Waals surface area contributed by atoms with E-state index < -0.39 is 5.60 Å². The number of hydrazine groups is 1. The van der Waals surface area contributed by atoms with Crippen LogP contribution >= 0.6 is 23.2 Å². The van der Waals surface area contributed by atoms with Crippen LogP contribution in [0.5, 0.6) is 5.75 Å². The molecule has 0 bridgehead atoms. The average molecular weight is 497 g/mol. The van der Waals surface area contributed by atoms with Crippen molar-refractivity contribution < 1.29 is 9.53 Å². The van der Waals surface area contributed by atoms with E-state index in [0.717, 1.165) is 35.7 Å². The molecular formula is C26H26Cl2N4O2. The second kappa shape index (κ2) is 8.01. The van der Waals surface area contributed by atoms with Gasteiger partial charge in [0.1, 0.15) is 11.4 Å². The zero-order valence-corrected chi connectivity index (χ0v) is 20.7. The predicted molar refractivity (Wildman–Crippen MR) is 133 cm³/mol. The maximum absolute atomic E-state index is 13.6. The molecule has 3 aromatic rings. The minimum Gasteiger partial charge on any atom is -0.482 e. The van der Waals surface area contributed by atoms with Crippen molar-refractivity contribution in [3.05, 3.63) is 63.8 Å². The number of para-hydroxylation sites is 1. The van der Waals surface area contributed by atoms with Gasteiger partial charge in [-0.05, 0) is 68.9 Å². The number of aromatic nitrogens is 2. The molecule has 2 aromatic carbocycles. The maximum atomic E-state index is 13.6. The van der Waals surface area contributed by atoms with Crippen LogP contribution in [0.25, 0.3) is 16.9 Å². The van der Waals surface area contributed by atoms with Crippen LogP contribution in [0.1, 0.15) is 49.2 Å². The van der Waals surface area contributed by atoms with Crippen LogP contribution in [0, 0.1) is 11.8 Å². The van der Waals surface area contributed by atoms with Crippen molar-refractivity contribution in [2.24, 2.45) is 11.8 Å². The molecule has 1 N–H and O–H groups in total. The van der Waals surface area contributed by atoms with E-state index in [1.165, 1.54) is 19.3 Å². The van der Waals surface area contributed by atoms with E-state index in [0.29, 0.717) is 33.3 Å². The molecule has 1 aliphatic carbocycles. The number of carbonyl (C=O) groups is 1. The molecule has 1 saturated carbocycles. The Morgan fingerprint density at radius 2 is 1.85 bits per heavy atom. The van der Waals surface area contributed by atoms with Crippen LogP contribution in [0.3, 0.4) is 0 Å². The monoisotopic (exact) mass is 496 g/mol. The Hall–Kier alpha value is -2.54. The number of carbonyl (C=O) groups excluding carboxylic acids is 1. The number of benzene rings is 2. The molecule has 6 rings (SSSR count). The summed E-state index contributed by atoms with van der Waals surface area (Å²) in [5, 5.41) is 7.89. The summed E-state index contributed by atoms with van der Waals surface area (Å²) < 4.78 is 8.12. The molecule has 1 saturated heterocycles. The number of fused-ring (bicyclic) bond motifs is 4. The van der Waals surface area contributed by atoms with Gasteiger partial charge in [-0.25, -0.2) is 9.69 Å². The minimum atomic E-state index is -0.769. The highest BCUT2D eigenvalue weighted by Crippen LogP contribution is 2.48. The fourth-order valence-corrected chi connectivity index (χ4v) is 6.31. The molecule has 2 aliphatic heterocycles. The van der Waals surface area contributed by atoms with E-state index in [4.69, 9.17) is 33.0 Å². The van der Waals surface area contributed by atoms with Crippen molar-refractivity contribution in [2.45, 2.75) is 38.7 Å². The lowest BCUT2D eigenvalue weighted by Crippen LogP contribution is -2.42. The quantitative estimate of drug-likeness (QED) is 0.493. The number of halogens is 2. The molecule has 8 heteroatoms. The number of rotatable bonds is 3.